The summed E-state index contributed by atoms with van der Waals surface area (Å²) in [6, 6.07) is 21.0. The van der Waals surface area contributed by atoms with E-state index < -0.39 is 0 Å². The number of aromatic hydroxyl groups is 1. The van der Waals surface area contributed by atoms with E-state index in [-0.39, 0.29) is 11.4 Å². The van der Waals surface area contributed by atoms with Gasteiger partial charge in [-0.2, -0.15) is 8.97 Å². The summed E-state index contributed by atoms with van der Waals surface area (Å²) in [6.45, 7) is 1.64. The van der Waals surface area contributed by atoms with Crippen molar-refractivity contribution in [1.82, 2.24) is 4.57 Å². The fourth-order valence-corrected chi connectivity index (χ4v) is 2.95. The maximum absolute atomic E-state index is 12.7. The van der Waals surface area contributed by atoms with Crippen LogP contribution in [0.15, 0.2) is 71.5 Å². The van der Waals surface area contributed by atoms with Crippen LogP contribution in [0, 0.1) is 6.92 Å². The van der Waals surface area contributed by atoms with Gasteiger partial charge in [-0.3, -0.25) is 0 Å². The first-order chi connectivity index (χ1) is 11.2. The van der Waals surface area contributed by atoms with E-state index in [2.05, 4.69) is 0 Å². The molecule has 4 heteroatoms. The van der Waals surface area contributed by atoms with Gasteiger partial charge in [0, 0.05) is 11.5 Å². The molecule has 23 heavy (non-hydrogen) atoms. The van der Waals surface area contributed by atoms with Crippen LogP contribution >= 0.6 is 0 Å². The van der Waals surface area contributed by atoms with E-state index in [0.29, 0.717) is 11.2 Å². The molecule has 4 rings (SSSR count). The van der Waals surface area contributed by atoms with Gasteiger partial charge in [-0.05, 0) is 31.2 Å². The van der Waals surface area contributed by atoms with E-state index in [4.69, 9.17) is 0 Å². The number of hydrogen-bond acceptors (Lipinski definition) is 2. The predicted molar refractivity (Wildman–Crippen MR) is 89.1 cm³/mol. The van der Waals surface area contributed by atoms with Crippen LogP contribution in [0.3, 0.4) is 0 Å². The van der Waals surface area contributed by atoms with Crippen LogP contribution in [-0.4, -0.2) is 9.67 Å². The Hall–Kier alpha value is -3.14. The lowest BCUT2D eigenvalue weighted by atomic mass is 10.2. The van der Waals surface area contributed by atoms with Crippen LogP contribution in [0.2, 0.25) is 0 Å². The number of aromatic nitrogens is 2. The first-order valence-electron chi connectivity index (χ1n) is 7.42. The van der Waals surface area contributed by atoms with E-state index in [1.807, 2.05) is 66.7 Å². The lowest BCUT2D eigenvalue weighted by Crippen LogP contribution is -2.35. The molecule has 0 radical (unpaired) electrons. The molecular weight excluding hydrogens is 288 g/mol. The number of benzene rings is 2. The van der Waals surface area contributed by atoms with Crippen molar-refractivity contribution in [2.24, 2.45) is 0 Å². The van der Waals surface area contributed by atoms with Gasteiger partial charge < -0.3 is 5.11 Å². The quantitative estimate of drug-likeness (QED) is 0.434. The number of para-hydroxylation sites is 2. The second kappa shape index (κ2) is 4.95. The van der Waals surface area contributed by atoms with E-state index in [1.54, 1.807) is 15.9 Å². The van der Waals surface area contributed by atoms with Crippen LogP contribution in [-0.2, 0) is 0 Å². The van der Waals surface area contributed by atoms with Crippen molar-refractivity contribution >= 4 is 16.6 Å². The standard InChI is InChI=1S/C19H14N2O2/c1-13-18(22)20(15-8-3-2-4-9-15)17-12-11-14-7-5-6-10-16(14)21(17)19(13)23/h2-12H,1H3/p+1. The molecule has 0 saturated heterocycles. The molecule has 4 aromatic rings. The van der Waals surface area contributed by atoms with Gasteiger partial charge in [0.25, 0.3) is 11.5 Å². The molecule has 0 aliphatic carbocycles. The molecule has 112 valence electrons. The number of rotatable bonds is 1. The van der Waals surface area contributed by atoms with Crippen molar-refractivity contribution in [3.63, 3.8) is 0 Å². The Morgan fingerprint density at radius 1 is 0.913 bits per heavy atom. The zero-order valence-electron chi connectivity index (χ0n) is 12.6. The highest BCUT2D eigenvalue weighted by Crippen LogP contribution is 2.18. The second-order valence-corrected chi connectivity index (χ2v) is 5.51. The summed E-state index contributed by atoms with van der Waals surface area (Å²) in [6.07, 6.45) is 0. The third-order valence-electron chi connectivity index (χ3n) is 4.13. The minimum atomic E-state index is -0.219. The average Bonchev–Trinajstić information content (AvgIpc) is 2.60. The summed E-state index contributed by atoms with van der Waals surface area (Å²) in [4.78, 5) is 12.7. The third-order valence-corrected chi connectivity index (χ3v) is 4.13. The van der Waals surface area contributed by atoms with Crippen molar-refractivity contribution in [1.29, 1.82) is 0 Å². The molecule has 0 unspecified atom stereocenters. The third kappa shape index (κ3) is 1.92. The molecule has 0 amide bonds. The van der Waals surface area contributed by atoms with E-state index in [1.165, 1.54) is 0 Å². The van der Waals surface area contributed by atoms with Crippen LogP contribution < -0.4 is 9.96 Å². The van der Waals surface area contributed by atoms with Gasteiger partial charge >= 0.3 is 5.56 Å². The van der Waals surface area contributed by atoms with Crippen molar-refractivity contribution in [3.05, 3.63) is 82.6 Å². The second-order valence-electron chi connectivity index (χ2n) is 5.51. The molecule has 0 atom stereocenters. The summed E-state index contributed by atoms with van der Waals surface area (Å²) in [5, 5.41) is 11.6. The van der Waals surface area contributed by atoms with E-state index in [0.717, 1.165) is 16.6 Å². The molecule has 0 saturated carbocycles. The maximum atomic E-state index is 12.7. The fraction of sp³-hybridized carbons (Fsp3) is 0.0526. The molecule has 0 aliphatic rings. The molecule has 2 aromatic heterocycles. The highest BCUT2D eigenvalue weighted by molar-refractivity contribution is 5.77. The number of pyridine rings is 1. The number of nitrogens with zero attached hydrogens (tertiary/aromatic N) is 2. The normalized spacial score (nSPS) is 11.2. The van der Waals surface area contributed by atoms with E-state index in [9.17, 15) is 9.90 Å². The molecule has 4 nitrogen and oxygen atoms in total. The van der Waals surface area contributed by atoms with Crippen LogP contribution in [0.4, 0.5) is 0 Å². The smallest absolute Gasteiger partial charge is 0.349 e. The predicted octanol–water partition coefficient (Wildman–Crippen LogP) is 2.74. The Morgan fingerprint density at radius 3 is 2.39 bits per heavy atom. The van der Waals surface area contributed by atoms with Crippen molar-refractivity contribution in [2.45, 2.75) is 6.92 Å². The molecule has 0 fully saturated rings. The number of hydrogen-bond donors (Lipinski definition) is 1. The minimum absolute atomic E-state index is 0.0195. The zero-order chi connectivity index (χ0) is 16.0. The first kappa shape index (κ1) is 13.5. The summed E-state index contributed by atoms with van der Waals surface area (Å²) in [5.74, 6) is -0.0195. The Balaban J connectivity index is 2.28. The molecule has 0 aliphatic heterocycles. The van der Waals surface area contributed by atoms with Gasteiger partial charge in [0.05, 0.1) is 0 Å². The van der Waals surface area contributed by atoms with Gasteiger partial charge in [-0.1, -0.05) is 36.4 Å². The highest BCUT2D eigenvalue weighted by Gasteiger charge is 2.23. The summed E-state index contributed by atoms with van der Waals surface area (Å²) in [7, 11) is 0. The lowest BCUT2D eigenvalue weighted by Gasteiger charge is -2.08. The Labute approximate surface area is 132 Å². The lowest BCUT2D eigenvalue weighted by molar-refractivity contribution is -0.498. The molecule has 2 heterocycles. The van der Waals surface area contributed by atoms with Crippen molar-refractivity contribution < 1.29 is 9.51 Å². The van der Waals surface area contributed by atoms with E-state index >= 15 is 0 Å². The number of fused-ring (bicyclic) bond motifs is 3. The SMILES string of the molecule is Cc1c(O)[n+]2c3ccccc3ccc2n(-c2ccccc2)c1=O. The summed E-state index contributed by atoms with van der Waals surface area (Å²) in [5.41, 5.74) is 2.36. The Kier molecular flexibility index (Phi) is 2.91. The van der Waals surface area contributed by atoms with Crippen LogP contribution in [0.1, 0.15) is 5.56 Å². The molecule has 0 spiro atoms. The Morgan fingerprint density at radius 2 is 1.61 bits per heavy atom. The van der Waals surface area contributed by atoms with Gasteiger partial charge in [0.1, 0.15) is 16.8 Å². The largest absolute Gasteiger partial charge is 0.477 e. The zero-order valence-corrected chi connectivity index (χ0v) is 12.6. The molecule has 2 aromatic carbocycles. The van der Waals surface area contributed by atoms with Crippen molar-refractivity contribution in [2.75, 3.05) is 0 Å². The molecule has 0 bridgehead atoms. The van der Waals surface area contributed by atoms with Gasteiger partial charge in [-0.25, -0.2) is 4.79 Å². The van der Waals surface area contributed by atoms with Gasteiger partial charge in [0.2, 0.25) is 0 Å². The van der Waals surface area contributed by atoms with Gasteiger partial charge in [-0.15, -0.1) is 0 Å². The Bertz CT molecular complexity index is 1100. The van der Waals surface area contributed by atoms with Crippen LogP contribution in [0.5, 0.6) is 5.88 Å². The van der Waals surface area contributed by atoms with Crippen LogP contribution in [0.25, 0.3) is 22.2 Å². The average molecular weight is 303 g/mol. The highest BCUT2D eigenvalue weighted by atomic mass is 16.3. The summed E-state index contributed by atoms with van der Waals surface area (Å²) >= 11 is 0. The van der Waals surface area contributed by atoms with Gasteiger partial charge in [0.15, 0.2) is 0 Å². The molecular formula is C19H15N2O2+. The fourth-order valence-electron chi connectivity index (χ4n) is 2.95. The molecule has 1 N–H and O–H groups in total. The topological polar surface area (TPSA) is 46.3 Å². The maximum Gasteiger partial charge on any atom is 0.349 e. The first-order valence-corrected chi connectivity index (χ1v) is 7.42. The summed E-state index contributed by atoms with van der Waals surface area (Å²) < 4.78 is 3.35. The monoisotopic (exact) mass is 303 g/mol. The minimum Gasteiger partial charge on any atom is -0.477 e. The van der Waals surface area contributed by atoms with Crippen molar-refractivity contribution in [3.8, 4) is 11.6 Å².